The van der Waals surface area contributed by atoms with Crippen LogP contribution in [0, 0.1) is 0 Å². The number of carbonyl (C=O) groups is 3. The highest BCUT2D eigenvalue weighted by Gasteiger charge is 2.32. The standard InChI is InChI=1S/C30H32N2O6/c1-19(16-27(33)34)31-29(35)28(20(2)37-17-21-10-4-3-5-11-21)32-30(36)38-18-26-24-14-8-6-12-22(24)23-13-7-9-15-25(23)26/h3-15,19-20,26,28H,16-18H2,1-2H3,(H,31,35)(H,32,36)(H,33,34)/t19-,20?,28?/m1/s1. The highest BCUT2D eigenvalue weighted by molar-refractivity contribution is 5.87. The van der Waals surface area contributed by atoms with E-state index >= 15 is 0 Å². The van der Waals surface area contributed by atoms with Gasteiger partial charge in [0.25, 0.3) is 0 Å². The first-order valence-electron chi connectivity index (χ1n) is 12.6. The summed E-state index contributed by atoms with van der Waals surface area (Å²) in [5.41, 5.74) is 5.31. The largest absolute Gasteiger partial charge is 0.481 e. The molecule has 2 unspecified atom stereocenters. The zero-order chi connectivity index (χ0) is 27.1. The minimum atomic E-state index is -1.09. The first-order valence-corrected chi connectivity index (χ1v) is 12.6. The zero-order valence-corrected chi connectivity index (χ0v) is 21.4. The van der Waals surface area contributed by atoms with Crippen LogP contribution in [0.2, 0.25) is 0 Å². The van der Waals surface area contributed by atoms with E-state index in [0.29, 0.717) is 0 Å². The molecule has 1 aliphatic rings. The number of rotatable bonds is 11. The van der Waals surface area contributed by atoms with Crippen molar-refractivity contribution in [1.82, 2.24) is 10.6 Å². The molecule has 38 heavy (non-hydrogen) atoms. The molecule has 0 spiro atoms. The topological polar surface area (TPSA) is 114 Å². The molecule has 0 aromatic heterocycles. The normalized spacial score (nSPS) is 14.5. The van der Waals surface area contributed by atoms with Crippen molar-refractivity contribution >= 4 is 18.0 Å². The molecule has 3 aromatic carbocycles. The van der Waals surface area contributed by atoms with Crippen LogP contribution in [0.15, 0.2) is 78.9 Å². The third kappa shape index (κ3) is 6.58. The monoisotopic (exact) mass is 516 g/mol. The molecule has 2 amide bonds. The fraction of sp³-hybridized carbons (Fsp3) is 0.300. The van der Waals surface area contributed by atoms with Gasteiger partial charge in [-0.1, -0.05) is 78.9 Å². The molecule has 198 valence electrons. The van der Waals surface area contributed by atoms with Crippen molar-refractivity contribution < 1.29 is 29.0 Å². The lowest BCUT2D eigenvalue weighted by molar-refractivity contribution is -0.137. The molecule has 0 bridgehead atoms. The van der Waals surface area contributed by atoms with Crippen molar-refractivity contribution in [3.05, 3.63) is 95.6 Å². The summed E-state index contributed by atoms with van der Waals surface area (Å²) in [6, 6.07) is 23.8. The number of ether oxygens (including phenoxy) is 2. The number of amides is 2. The van der Waals surface area contributed by atoms with E-state index in [1.165, 1.54) is 0 Å². The highest BCUT2D eigenvalue weighted by atomic mass is 16.5. The zero-order valence-electron chi connectivity index (χ0n) is 21.4. The SMILES string of the molecule is CC(OCc1ccccc1)C(NC(=O)OCC1c2ccccc2-c2ccccc21)C(=O)N[C@H](C)CC(=O)O. The Balaban J connectivity index is 1.43. The summed E-state index contributed by atoms with van der Waals surface area (Å²) in [6.07, 6.45) is -1.72. The Kier molecular flexibility index (Phi) is 8.76. The van der Waals surface area contributed by atoms with Gasteiger partial charge in [0.05, 0.1) is 19.1 Å². The van der Waals surface area contributed by atoms with Gasteiger partial charge in [-0.25, -0.2) is 4.79 Å². The smallest absolute Gasteiger partial charge is 0.407 e. The van der Waals surface area contributed by atoms with Crippen molar-refractivity contribution in [2.45, 2.75) is 51.0 Å². The maximum absolute atomic E-state index is 13.1. The Morgan fingerprint density at radius 3 is 2.03 bits per heavy atom. The predicted octanol–water partition coefficient (Wildman–Crippen LogP) is 4.48. The van der Waals surface area contributed by atoms with Crippen LogP contribution in [0.5, 0.6) is 0 Å². The second kappa shape index (κ2) is 12.4. The number of fused-ring (bicyclic) bond motifs is 3. The van der Waals surface area contributed by atoms with Crippen LogP contribution in [0.3, 0.4) is 0 Å². The molecule has 3 atom stereocenters. The highest BCUT2D eigenvalue weighted by Crippen LogP contribution is 2.44. The Hall–Kier alpha value is -4.17. The van der Waals surface area contributed by atoms with Gasteiger partial charge in [-0.2, -0.15) is 0 Å². The van der Waals surface area contributed by atoms with Gasteiger partial charge in [0, 0.05) is 12.0 Å². The predicted molar refractivity (Wildman–Crippen MR) is 143 cm³/mol. The Bertz CT molecular complexity index is 1230. The fourth-order valence-electron chi connectivity index (χ4n) is 4.71. The van der Waals surface area contributed by atoms with Gasteiger partial charge < -0.3 is 25.2 Å². The molecule has 0 fully saturated rings. The van der Waals surface area contributed by atoms with E-state index in [1.807, 2.05) is 66.7 Å². The summed E-state index contributed by atoms with van der Waals surface area (Å²) < 4.78 is 11.5. The van der Waals surface area contributed by atoms with Crippen molar-refractivity contribution in [3.63, 3.8) is 0 Å². The summed E-state index contributed by atoms with van der Waals surface area (Å²) in [5.74, 6) is -1.71. The maximum atomic E-state index is 13.1. The number of hydrogen-bond donors (Lipinski definition) is 3. The van der Waals surface area contributed by atoms with Crippen molar-refractivity contribution in [3.8, 4) is 11.1 Å². The number of nitrogens with one attached hydrogen (secondary N) is 2. The van der Waals surface area contributed by atoms with Crippen LogP contribution in [0.25, 0.3) is 11.1 Å². The van der Waals surface area contributed by atoms with E-state index in [0.717, 1.165) is 27.8 Å². The van der Waals surface area contributed by atoms with E-state index in [-0.39, 0.29) is 25.6 Å². The van der Waals surface area contributed by atoms with Gasteiger partial charge >= 0.3 is 12.1 Å². The number of benzene rings is 3. The Morgan fingerprint density at radius 2 is 1.42 bits per heavy atom. The third-order valence-electron chi connectivity index (χ3n) is 6.59. The average Bonchev–Trinajstić information content (AvgIpc) is 3.23. The average molecular weight is 517 g/mol. The number of carbonyl (C=O) groups excluding carboxylic acids is 2. The summed E-state index contributed by atoms with van der Waals surface area (Å²) in [6.45, 7) is 3.61. The maximum Gasteiger partial charge on any atom is 0.407 e. The minimum absolute atomic E-state index is 0.100. The molecule has 0 aliphatic heterocycles. The third-order valence-corrected chi connectivity index (χ3v) is 6.59. The second-order valence-electron chi connectivity index (χ2n) is 9.46. The number of carboxylic acid groups (broad SMARTS) is 1. The Morgan fingerprint density at radius 1 is 0.842 bits per heavy atom. The number of hydrogen-bond acceptors (Lipinski definition) is 5. The quantitative estimate of drug-likeness (QED) is 0.346. The summed E-state index contributed by atoms with van der Waals surface area (Å²) in [4.78, 5) is 37.0. The van der Waals surface area contributed by atoms with Gasteiger partial charge in [-0.3, -0.25) is 9.59 Å². The van der Waals surface area contributed by atoms with Gasteiger partial charge in [-0.05, 0) is 41.7 Å². The van der Waals surface area contributed by atoms with Crippen molar-refractivity contribution in [1.29, 1.82) is 0 Å². The molecule has 1 aliphatic carbocycles. The van der Waals surface area contributed by atoms with Gasteiger partial charge in [0.15, 0.2) is 0 Å². The van der Waals surface area contributed by atoms with Gasteiger partial charge in [0.1, 0.15) is 12.6 Å². The van der Waals surface area contributed by atoms with Crippen LogP contribution in [-0.2, 0) is 25.7 Å². The number of carboxylic acids is 1. The van der Waals surface area contributed by atoms with Crippen molar-refractivity contribution in [2.24, 2.45) is 0 Å². The van der Waals surface area contributed by atoms with Crippen LogP contribution in [0.4, 0.5) is 4.79 Å². The molecule has 3 N–H and O–H groups in total. The molecular weight excluding hydrogens is 484 g/mol. The number of aliphatic carboxylic acids is 1. The van der Waals surface area contributed by atoms with Gasteiger partial charge in [-0.15, -0.1) is 0 Å². The van der Waals surface area contributed by atoms with E-state index in [1.54, 1.807) is 13.8 Å². The van der Waals surface area contributed by atoms with Crippen LogP contribution in [0.1, 0.15) is 42.9 Å². The summed E-state index contributed by atoms with van der Waals surface area (Å²) >= 11 is 0. The first-order chi connectivity index (χ1) is 18.3. The van der Waals surface area contributed by atoms with Crippen LogP contribution < -0.4 is 10.6 Å². The Labute approximate surface area is 222 Å². The summed E-state index contributed by atoms with van der Waals surface area (Å²) in [7, 11) is 0. The lowest BCUT2D eigenvalue weighted by Gasteiger charge is -2.26. The molecule has 4 rings (SSSR count). The lowest BCUT2D eigenvalue weighted by atomic mass is 9.98. The van der Waals surface area contributed by atoms with Gasteiger partial charge in [0.2, 0.25) is 5.91 Å². The molecule has 8 heteroatoms. The molecular formula is C30H32N2O6. The number of alkyl carbamates (subject to hydrolysis) is 1. The molecule has 0 saturated heterocycles. The molecule has 8 nitrogen and oxygen atoms in total. The van der Waals surface area contributed by atoms with E-state index < -0.39 is 36.2 Å². The van der Waals surface area contributed by atoms with Crippen LogP contribution in [-0.4, -0.2) is 47.9 Å². The molecule has 3 aromatic rings. The molecule has 0 saturated carbocycles. The lowest BCUT2D eigenvalue weighted by Crippen LogP contribution is -2.55. The van der Waals surface area contributed by atoms with E-state index in [4.69, 9.17) is 14.6 Å². The minimum Gasteiger partial charge on any atom is -0.481 e. The second-order valence-corrected chi connectivity index (χ2v) is 9.46. The molecule has 0 radical (unpaired) electrons. The van der Waals surface area contributed by atoms with Crippen molar-refractivity contribution in [2.75, 3.05) is 6.61 Å². The van der Waals surface area contributed by atoms with E-state index in [9.17, 15) is 14.4 Å². The van der Waals surface area contributed by atoms with Crippen LogP contribution >= 0.6 is 0 Å². The fourth-order valence-corrected chi connectivity index (χ4v) is 4.71. The first kappa shape index (κ1) is 26.9. The summed E-state index contributed by atoms with van der Waals surface area (Å²) in [5, 5.41) is 14.3. The molecule has 0 heterocycles. The van der Waals surface area contributed by atoms with E-state index in [2.05, 4.69) is 22.8 Å².